The molecule has 2 aliphatic rings. The summed E-state index contributed by atoms with van der Waals surface area (Å²) in [4.78, 5) is 27.1. The molecule has 6 rings (SSSR count). The molecule has 2 atom stereocenters. The quantitative estimate of drug-likeness (QED) is 0.276. The highest BCUT2D eigenvalue weighted by molar-refractivity contribution is 6.06. The van der Waals surface area contributed by atoms with Gasteiger partial charge in [0.05, 0.1) is 36.7 Å². The van der Waals surface area contributed by atoms with E-state index in [0.29, 0.717) is 33.7 Å². The molecule has 0 radical (unpaired) electrons. The van der Waals surface area contributed by atoms with Crippen LogP contribution in [0, 0.1) is 5.82 Å². The first kappa shape index (κ1) is 26.1. The predicted octanol–water partition coefficient (Wildman–Crippen LogP) is 3.35. The number of para-hydroxylation sites is 1. The van der Waals surface area contributed by atoms with E-state index in [2.05, 4.69) is 36.0 Å². The number of likely N-dealkylation sites (tertiary alicyclic amines) is 1. The van der Waals surface area contributed by atoms with Crippen LogP contribution >= 0.6 is 0 Å². The van der Waals surface area contributed by atoms with E-state index in [1.807, 2.05) is 11.0 Å². The number of nitrogens with zero attached hydrogens (tertiary/aromatic N) is 5. The minimum absolute atomic E-state index is 0.0863. The molecule has 0 saturated carbocycles. The van der Waals surface area contributed by atoms with Crippen LogP contribution in [0.1, 0.15) is 19.3 Å². The summed E-state index contributed by atoms with van der Waals surface area (Å²) in [6.45, 7) is 2.00. The van der Waals surface area contributed by atoms with E-state index in [1.165, 1.54) is 7.11 Å². The molecule has 1 aromatic carbocycles. The monoisotopic (exact) mass is 551 g/mol. The highest BCUT2D eigenvalue weighted by atomic mass is 19.1. The van der Waals surface area contributed by atoms with Crippen molar-refractivity contribution < 1.29 is 18.3 Å². The number of aromatic nitrogens is 5. The maximum Gasteiger partial charge on any atom is 0.256 e. The Bertz CT molecular complexity index is 1530. The Morgan fingerprint density at radius 3 is 2.85 bits per heavy atom. The number of amides is 1. The summed E-state index contributed by atoms with van der Waals surface area (Å²) in [7, 11) is 3.25. The summed E-state index contributed by atoms with van der Waals surface area (Å²) >= 11 is 0. The molecule has 13 heteroatoms. The maximum atomic E-state index is 15.0. The Hall–Kier alpha value is -4.10. The van der Waals surface area contributed by atoms with Gasteiger partial charge in [-0.3, -0.25) is 14.4 Å². The third-order valence-electron chi connectivity index (χ3n) is 7.58. The fourth-order valence-electron chi connectivity index (χ4n) is 5.72. The van der Waals surface area contributed by atoms with E-state index in [4.69, 9.17) is 4.74 Å². The number of piperidine rings is 1. The number of aromatic amines is 1. The van der Waals surface area contributed by atoms with Gasteiger partial charge in [-0.15, -0.1) is 5.10 Å². The van der Waals surface area contributed by atoms with E-state index >= 15 is 0 Å². The van der Waals surface area contributed by atoms with Crippen LogP contribution in [0.3, 0.4) is 0 Å². The minimum Gasteiger partial charge on any atom is -0.478 e. The number of benzene rings is 1. The molecule has 0 aliphatic carbocycles. The van der Waals surface area contributed by atoms with Crippen molar-refractivity contribution in [3.8, 4) is 17.1 Å². The van der Waals surface area contributed by atoms with Crippen LogP contribution in [0.15, 0.2) is 36.8 Å². The molecule has 3 aromatic heterocycles. The molecule has 2 aliphatic heterocycles. The highest BCUT2D eigenvalue weighted by Gasteiger charge is 2.41. The number of carbonyl (C=O) groups is 1. The number of ether oxygens (including phenoxy) is 1. The van der Waals surface area contributed by atoms with Gasteiger partial charge in [0.15, 0.2) is 5.82 Å². The van der Waals surface area contributed by atoms with Crippen molar-refractivity contribution in [1.29, 1.82) is 0 Å². The molecular formula is C27H31F2N9O2. The third kappa shape index (κ3) is 4.97. The Morgan fingerprint density at radius 1 is 1.23 bits per heavy atom. The first-order chi connectivity index (χ1) is 19.4. The average molecular weight is 552 g/mol. The first-order valence-electron chi connectivity index (χ1n) is 13.3. The van der Waals surface area contributed by atoms with Crippen LogP contribution in [-0.2, 0) is 11.8 Å². The molecule has 2 fully saturated rings. The van der Waals surface area contributed by atoms with Crippen molar-refractivity contribution in [2.24, 2.45) is 7.05 Å². The van der Waals surface area contributed by atoms with Gasteiger partial charge in [0.25, 0.3) is 5.88 Å². The Labute approximate surface area is 229 Å². The number of hydrogen-bond donors (Lipinski definition) is 4. The fourth-order valence-corrected chi connectivity index (χ4v) is 5.72. The van der Waals surface area contributed by atoms with E-state index < -0.39 is 18.0 Å². The average Bonchev–Trinajstić information content (AvgIpc) is 3.67. The number of H-pyrrole nitrogens is 1. The second-order valence-corrected chi connectivity index (χ2v) is 10.2. The molecule has 1 amide bonds. The van der Waals surface area contributed by atoms with Gasteiger partial charge in [-0.25, -0.2) is 18.7 Å². The summed E-state index contributed by atoms with van der Waals surface area (Å²) in [5, 5.41) is 14.2. The van der Waals surface area contributed by atoms with Crippen LogP contribution in [0.5, 0.6) is 5.88 Å². The van der Waals surface area contributed by atoms with Crippen LogP contribution in [0.25, 0.3) is 22.2 Å². The Balaban J connectivity index is 1.26. The zero-order valence-corrected chi connectivity index (χ0v) is 22.2. The molecule has 2 saturated heterocycles. The van der Waals surface area contributed by atoms with Crippen molar-refractivity contribution in [2.45, 2.75) is 37.5 Å². The highest BCUT2D eigenvalue weighted by Crippen LogP contribution is 2.35. The normalized spacial score (nSPS) is 20.2. The lowest BCUT2D eigenvalue weighted by Crippen LogP contribution is -2.49. The smallest absolute Gasteiger partial charge is 0.256 e. The van der Waals surface area contributed by atoms with Gasteiger partial charge in [-0.2, -0.15) is 0 Å². The van der Waals surface area contributed by atoms with Crippen molar-refractivity contribution in [3.63, 3.8) is 0 Å². The lowest BCUT2D eigenvalue weighted by molar-refractivity contribution is -0.121. The molecular weight excluding hydrogens is 520 g/mol. The third-order valence-corrected chi connectivity index (χ3v) is 7.58. The van der Waals surface area contributed by atoms with Gasteiger partial charge in [0.2, 0.25) is 11.9 Å². The lowest BCUT2D eigenvalue weighted by Gasteiger charge is -2.34. The summed E-state index contributed by atoms with van der Waals surface area (Å²) < 4.78 is 36.3. The van der Waals surface area contributed by atoms with Crippen LogP contribution in [0.4, 0.5) is 26.1 Å². The molecule has 210 valence electrons. The lowest BCUT2D eigenvalue weighted by atomic mass is 10.0. The van der Waals surface area contributed by atoms with Crippen LogP contribution < -0.4 is 20.7 Å². The van der Waals surface area contributed by atoms with E-state index in [1.54, 1.807) is 36.3 Å². The maximum absolute atomic E-state index is 15.0. The number of fused-ring (bicyclic) bond motifs is 1. The number of rotatable bonds is 7. The number of aryl methyl sites for hydroxylation is 1. The first-order valence-corrected chi connectivity index (χ1v) is 13.3. The minimum atomic E-state index is -1.03. The molecule has 11 nitrogen and oxygen atoms in total. The van der Waals surface area contributed by atoms with E-state index in [-0.39, 0.29) is 36.6 Å². The standard InChI is InChI=1S/C27H31F2N9O2/c1-37-14-21(26(36-37)40-2)34-27-32-12-19(29)23(35-27)18-11-31-24-17(18)4-3-5-20(24)33-25(39)22-10-15(28)13-38(22)16-6-8-30-9-7-16/h3-5,11-12,14-16,22,30-31H,6-10,13H2,1-2H3,(H,33,39)(H,32,34,35)/t15-,22-/m1/s1. The van der Waals surface area contributed by atoms with Crippen molar-refractivity contribution in [3.05, 3.63) is 42.6 Å². The Morgan fingerprint density at radius 2 is 2.05 bits per heavy atom. The molecule has 40 heavy (non-hydrogen) atoms. The summed E-state index contributed by atoms with van der Waals surface area (Å²) in [5.41, 5.74) is 2.29. The van der Waals surface area contributed by atoms with Gasteiger partial charge in [-0.05, 0) is 32.0 Å². The molecule has 4 N–H and O–H groups in total. The number of hydrogen-bond acceptors (Lipinski definition) is 8. The van der Waals surface area contributed by atoms with Crippen LogP contribution in [0.2, 0.25) is 0 Å². The predicted molar refractivity (Wildman–Crippen MR) is 147 cm³/mol. The number of carbonyl (C=O) groups excluding carboxylic acids is 1. The van der Waals surface area contributed by atoms with Gasteiger partial charge in [0, 0.05) is 43.2 Å². The number of anilines is 3. The summed E-state index contributed by atoms with van der Waals surface area (Å²) in [6.07, 6.45) is 5.37. The molecule has 4 aromatic rings. The van der Waals surface area contributed by atoms with Gasteiger partial charge in [-0.1, -0.05) is 12.1 Å². The topological polar surface area (TPSA) is 125 Å². The van der Waals surface area contributed by atoms with Gasteiger partial charge in [0.1, 0.15) is 17.6 Å². The van der Waals surface area contributed by atoms with Crippen molar-refractivity contribution in [1.82, 2.24) is 34.9 Å². The second-order valence-electron chi connectivity index (χ2n) is 10.2. The summed E-state index contributed by atoms with van der Waals surface area (Å²) in [6, 6.07) is 5.02. The zero-order chi connectivity index (χ0) is 27.8. The zero-order valence-electron chi connectivity index (χ0n) is 22.2. The van der Waals surface area contributed by atoms with Crippen molar-refractivity contribution >= 4 is 34.1 Å². The molecule has 0 bridgehead atoms. The van der Waals surface area contributed by atoms with Crippen LogP contribution in [-0.4, -0.2) is 80.5 Å². The van der Waals surface area contributed by atoms with Gasteiger partial charge < -0.3 is 25.7 Å². The van der Waals surface area contributed by atoms with E-state index in [0.717, 1.165) is 32.1 Å². The SMILES string of the molecule is COc1nn(C)cc1Nc1ncc(F)c(-c2c[nH]c3c(NC(=O)[C@H]4C[C@@H](F)CN4C4CCNCC4)cccc23)n1. The summed E-state index contributed by atoms with van der Waals surface area (Å²) in [5.74, 6) is -0.324. The van der Waals surface area contributed by atoms with Gasteiger partial charge >= 0.3 is 0 Å². The molecule has 0 spiro atoms. The van der Waals surface area contributed by atoms with E-state index in [9.17, 15) is 13.6 Å². The fraction of sp³-hybridized carbons (Fsp3) is 0.407. The number of nitrogens with one attached hydrogen (secondary N) is 4. The second kappa shape index (κ2) is 10.8. The molecule has 0 unspecified atom stereocenters. The Kier molecular flexibility index (Phi) is 7.07. The van der Waals surface area contributed by atoms with Crippen molar-refractivity contribution in [2.75, 3.05) is 37.4 Å². The molecule has 5 heterocycles. The number of halogens is 2. The number of alkyl halides is 1. The largest absolute Gasteiger partial charge is 0.478 e. The number of methoxy groups -OCH3 is 1.